The molecule has 0 aromatic heterocycles. The monoisotopic (exact) mass is 236 g/mol. The number of hydrogen-bond donors (Lipinski definition) is 2. The van der Waals surface area contributed by atoms with Crippen LogP contribution in [0.2, 0.25) is 0 Å². The van der Waals surface area contributed by atoms with Gasteiger partial charge in [-0.2, -0.15) is 12.6 Å². The minimum absolute atomic E-state index is 0.451. The van der Waals surface area contributed by atoms with E-state index in [1.165, 1.54) is 0 Å². The summed E-state index contributed by atoms with van der Waals surface area (Å²) in [4.78, 5) is 2.87. The molecule has 1 aromatic rings. The maximum absolute atomic E-state index is 8.57. The van der Waals surface area contributed by atoms with Gasteiger partial charge in [0.1, 0.15) is 0 Å². The van der Waals surface area contributed by atoms with E-state index in [1.54, 1.807) is 0 Å². The molecule has 0 fully saturated rings. The summed E-state index contributed by atoms with van der Waals surface area (Å²) in [5, 5.41) is 3.76. The van der Waals surface area contributed by atoms with Gasteiger partial charge in [0.05, 0.1) is 0 Å². The Bertz CT molecular complexity index is 431. The highest BCUT2D eigenvalue weighted by molar-refractivity contribution is 7.79. The van der Waals surface area contributed by atoms with Crippen molar-refractivity contribution in [1.82, 2.24) is 0 Å². The first-order valence-corrected chi connectivity index (χ1v) is 5.69. The zero-order chi connectivity index (χ0) is 12.3. The van der Waals surface area contributed by atoms with Crippen LogP contribution in [0.15, 0.2) is 5.11 Å². The Balaban J connectivity index is 3.69. The number of azide groups is 1. The van der Waals surface area contributed by atoms with E-state index in [2.05, 4.69) is 22.7 Å². The van der Waals surface area contributed by atoms with Gasteiger partial charge >= 0.3 is 0 Å². The highest BCUT2D eigenvalue weighted by Gasteiger charge is 2.14. The first kappa shape index (κ1) is 12.9. The molecule has 0 unspecified atom stereocenters. The van der Waals surface area contributed by atoms with Crippen molar-refractivity contribution in [2.75, 3.05) is 0 Å². The van der Waals surface area contributed by atoms with Gasteiger partial charge < -0.3 is 5.73 Å². The predicted octanol–water partition coefficient (Wildman–Crippen LogP) is 3.44. The van der Waals surface area contributed by atoms with Crippen LogP contribution in [0.5, 0.6) is 0 Å². The molecule has 0 saturated carbocycles. The standard InChI is InChI=1S/C11H16N4S/c1-6-9(4-12)7(2)11(14-15-13)8(3)10(6)5-16/h16H,4-5,12H2,1-3H3. The number of benzene rings is 1. The first-order chi connectivity index (χ1) is 7.58. The molecule has 0 aliphatic rings. The number of nitrogens with zero attached hydrogens (tertiary/aromatic N) is 3. The summed E-state index contributed by atoms with van der Waals surface area (Å²) in [6.45, 7) is 6.38. The molecule has 2 N–H and O–H groups in total. The number of thiol groups is 1. The van der Waals surface area contributed by atoms with Crippen molar-refractivity contribution in [3.05, 3.63) is 38.3 Å². The van der Waals surface area contributed by atoms with E-state index in [1.807, 2.05) is 20.8 Å². The second kappa shape index (κ2) is 5.25. The maximum atomic E-state index is 8.57. The highest BCUT2D eigenvalue weighted by atomic mass is 32.1. The predicted molar refractivity (Wildman–Crippen MR) is 70.0 cm³/mol. The summed E-state index contributed by atoms with van der Waals surface area (Å²) in [6, 6.07) is 0. The van der Waals surface area contributed by atoms with Crippen LogP contribution in [0.1, 0.15) is 27.8 Å². The lowest BCUT2D eigenvalue weighted by atomic mass is 9.92. The molecule has 5 heteroatoms. The van der Waals surface area contributed by atoms with Gasteiger partial charge in [-0.1, -0.05) is 5.11 Å². The van der Waals surface area contributed by atoms with Crippen molar-refractivity contribution in [3.63, 3.8) is 0 Å². The number of nitrogens with two attached hydrogens (primary N) is 1. The Labute approximate surface area is 101 Å². The third-order valence-corrected chi connectivity index (χ3v) is 3.34. The van der Waals surface area contributed by atoms with Crippen molar-refractivity contribution in [2.45, 2.75) is 33.1 Å². The van der Waals surface area contributed by atoms with E-state index < -0.39 is 0 Å². The van der Waals surface area contributed by atoms with Crippen molar-refractivity contribution in [3.8, 4) is 0 Å². The molecule has 0 aliphatic carbocycles. The second-order valence-electron chi connectivity index (χ2n) is 3.73. The topological polar surface area (TPSA) is 74.8 Å². The molecule has 0 amide bonds. The molecule has 1 aromatic carbocycles. The summed E-state index contributed by atoms with van der Waals surface area (Å²) < 4.78 is 0. The fourth-order valence-corrected chi connectivity index (χ4v) is 2.52. The summed E-state index contributed by atoms with van der Waals surface area (Å²) in [6.07, 6.45) is 0. The van der Waals surface area contributed by atoms with Crippen molar-refractivity contribution >= 4 is 18.3 Å². The smallest absolute Gasteiger partial charge is 0.0440 e. The third-order valence-electron chi connectivity index (χ3n) is 3.03. The molecule has 1 rings (SSSR count). The molecule has 16 heavy (non-hydrogen) atoms. The Morgan fingerprint density at radius 3 is 2.19 bits per heavy atom. The molecule has 4 nitrogen and oxygen atoms in total. The minimum Gasteiger partial charge on any atom is -0.326 e. The minimum atomic E-state index is 0.451. The van der Waals surface area contributed by atoms with E-state index in [0.29, 0.717) is 18.0 Å². The average Bonchev–Trinajstić information content (AvgIpc) is 2.26. The van der Waals surface area contributed by atoms with Gasteiger partial charge in [0.25, 0.3) is 0 Å². The molecule has 0 atom stereocenters. The summed E-state index contributed by atoms with van der Waals surface area (Å²) in [5.41, 5.74) is 20.3. The fourth-order valence-electron chi connectivity index (χ4n) is 2.05. The molecule has 0 bridgehead atoms. The van der Waals surface area contributed by atoms with Crippen LogP contribution in [0, 0.1) is 20.8 Å². The van der Waals surface area contributed by atoms with Gasteiger partial charge in [-0.15, -0.1) is 0 Å². The SMILES string of the molecule is Cc1c(CN)c(C)c(N=[N+]=[N-])c(C)c1CS. The van der Waals surface area contributed by atoms with Gasteiger partial charge in [-0.25, -0.2) is 0 Å². The van der Waals surface area contributed by atoms with Gasteiger partial charge in [0, 0.05) is 22.9 Å². The second-order valence-corrected chi connectivity index (χ2v) is 4.05. The summed E-state index contributed by atoms with van der Waals surface area (Å²) in [7, 11) is 0. The zero-order valence-electron chi connectivity index (χ0n) is 9.78. The fraction of sp³-hybridized carbons (Fsp3) is 0.455. The molecule has 0 heterocycles. The average molecular weight is 236 g/mol. The van der Waals surface area contributed by atoms with E-state index in [9.17, 15) is 0 Å². The van der Waals surface area contributed by atoms with Crippen LogP contribution in [0.4, 0.5) is 5.69 Å². The Morgan fingerprint density at radius 2 is 1.75 bits per heavy atom. The highest BCUT2D eigenvalue weighted by Crippen LogP contribution is 2.33. The van der Waals surface area contributed by atoms with Gasteiger partial charge in [-0.3, -0.25) is 0 Å². The molecule has 0 spiro atoms. The first-order valence-electron chi connectivity index (χ1n) is 5.06. The Hall–Kier alpha value is -1.16. The molecule has 0 saturated heterocycles. The maximum Gasteiger partial charge on any atom is 0.0440 e. The molecular weight excluding hydrogens is 220 g/mol. The lowest BCUT2D eigenvalue weighted by molar-refractivity contribution is 1.01. The molecule has 86 valence electrons. The zero-order valence-corrected chi connectivity index (χ0v) is 10.7. The normalized spacial score (nSPS) is 10.1. The van der Waals surface area contributed by atoms with Crippen molar-refractivity contribution < 1.29 is 0 Å². The lowest BCUT2D eigenvalue weighted by Crippen LogP contribution is -2.06. The Kier molecular flexibility index (Phi) is 4.24. The molecule has 0 aliphatic heterocycles. The van der Waals surface area contributed by atoms with E-state index >= 15 is 0 Å². The van der Waals surface area contributed by atoms with Gasteiger partial charge in [0.15, 0.2) is 0 Å². The number of hydrogen-bond acceptors (Lipinski definition) is 3. The summed E-state index contributed by atoms with van der Waals surface area (Å²) in [5.74, 6) is 0.624. The van der Waals surface area contributed by atoms with Crippen LogP contribution in [-0.4, -0.2) is 0 Å². The van der Waals surface area contributed by atoms with Crippen molar-refractivity contribution in [2.24, 2.45) is 10.8 Å². The van der Waals surface area contributed by atoms with Crippen LogP contribution in [0.25, 0.3) is 10.4 Å². The van der Waals surface area contributed by atoms with E-state index in [4.69, 9.17) is 11.3 Å². The van der Waals surface area contributed by atoms with Crippen LogP contribution in [0.3, 0.4) is 0 Å². The lowest BCUT2D eigenvalue weighted by Gasteiger charge is -2.18. The molecule has 0 radical (unpaired) electrons. The Morgan fingerprint density at radius 1 is 1.19 bits per heavy atom. The number of rotatable bonds is 3. The van der Waals surface area contributed by atoms with Gasteiger partial charge in [-0.05, 0) is 54.1 Å². The van der Waals surface area contributed by atoms with Crippen LogP contribution < -0.4 is 5.73 Å². The van der Waals surface area contributed by atoms with E-state index in [0.717, 1.165) is 27.8 Å². The van der Waals surface area contributed by atoms with Crippen LogP contribution in [-0.2, 0) is 12.3 Å². The quantitative estimate of drug-likeness (QED) is 0.358. The van der Waals surface area contributed by atoms with Gasteiger partial charge in [0.2, 0.25) is 0 Å². The summed E-state index contributed by atoms with van der Waals surface area (Å²) >= 11 is 4.31. The third kappa shape index (κ3) is 2.02. The molecular formula is C11H16N4S. The van der Waals surface area contributed by atoms with Crippen LogP contribution >= 0.6 is 12.6 Å². The van der Waals surface area contributed by atoms with E-state index in [-0.39, 0.29) is 0 Å². The largest absolute Gasteiger partial charge is 0.326 e. The van der Waals surface area contributed by atoms with Crippen molar-refractivity contribution in [1.29, 1.82) is 0 Å².